The highest BCUT2D eigenvalue weighted by atomic mass is 35.5. The summed E-state index contributed by atoms with van der Waals surface area (Å²) >= 11 is 1.66. The average Bonchev–Trinajstić information content (AvgIpc) is 2.14. The number of aromatic nitrogens is 1. The Morgan fingerprint density at radius 2 is 2.09 bits per heavy atom. The molecule has 5 heteroatoms. The Balaban J connectivity index is 0. The monoisotopic (exact) mass is 214 g/mol. The minimum absolute atomic E-state index is 0. The van der Waals surface area contributed by atoms with E-state index in [1.807, 2.05) is 20.0 Å². The third kappa shape index (κ3) is 3.91. The minimum Gasteiger partial charge on any atom is -0.322 e. The van der Waals surface area contributed by atoms with Crippen LogP contribution in [0.4, 0.5) is 0 Å². The summed E-state index contributed by atoms with van der Waals surface area (Å²) in [4.78, 5) is 5.33. The fourth-order valence-corrected chi connectivity index (χ4v) is 1.31. The molecule has 0 aromatic carbocycles. The van der Waals surface area contributed by atoms with E-state index in [0.29, 0.717) is 0 Å². The van der Waals surface area contributed by atoms with Crippen molar-refractivity contribution >= 4 is 36.2 Å². The van der Waals surface area contributed by atoms with Crippen molar-refractivity contribution < 1.29 is 0 Å². The number of nitrogens with two attached hydrogens (primary N) is 1. The molecule has 1 aromatic heterocycles. The molecule has 1 atom stereocenters. The fraction of sp³-hybridized carbons (Fsp3) is 0.500. The predicted molar refractivity (Wildman–Crippen MR) is 53.9 cm³/mol. The zero-order valence-corrected chi connectivity index (χ0v) is 8.85. The maximum Gasteiger partial charge on any atom is 0.109 e. The van der Waals surface area contributed by atoms with Gasteiger partial charge >= 0.3 is 0 Å². The summed E-state index contributed by atoms with van der Waals surface area (Å²) in [6.07, 6.45) is 1.85. The van der Waals surface area contributed by atoms with E-state index in [2.05, 4.69) is 4.98 Å². The molecule has 66 valence electrons. The number of nitrogens with zero attached hydrogens (tertiary/aromatic N) is 1. The lowest BCUT2D eigenvalue weighted by atomic mass is 10.4. The molecule has 1 aromatic rings. The van der Waals surface area contributed by atoms with Gasteiger partial charge in [-0.25, -0.2) is 4.98 Å². The third-order valence-corrected chi connectivity index (χ3v) is 2.14. The van der Waals surface area contributed by atoms with Crippen molar-refractivity contribution in [2.24, 2.45) is 5.73 Å². The van der Waals surface area contributed by atoms with Crippen molar-refractivity contribution in [3.8, 4) is 0 Å². The van der Waals surface area contributed by atoms with Crippen LogP contribution in [0.2, 0.25) is 0 Å². The number of thiazole rings is 1. The summed E-state index contributed by atoms with van der Waals surface area (Å²) in [5, 5.41) is 1.02. The molecule has 2 N–H and O–H groups in total. The van der Waals surface area contributed by atoms with Crippen molar-refractivity contribution in [2.45, 2.75) is 19.9 Å². The summed E-state index contributed by atoms with van der Waals surface area (Å²) in [7, 11) is 0. The third-order valence-electron chi connectivity index (χ3n) is 1.03. The molecular formula is C6H12Cl2N2S. The Hall–Kier alpha value is 0.170. The van der Waals surface area contributed by atoms with Crippen molar-refractivity contribution in [1.82, 2.24) is 4.98 Å². The van der Waals surface area contributed by atoms with Gasteiger partial charge in [0.2, 0.25) is 0 Å². The van der Waals surface area contributed by atoms with Crippen molar-refractivity contribution in [3.63, 3.8) is 0 Å². The second kappa shape index (κ2) is 5.77. The summed E-state index contributed by atoms with van der Waals surface area (Å²) in [5.74, 6) is 0. The average molecular weight is 215 g/mol. The van der Waals surface area contributed by atoms with Gasteiger partial charge in [-0.15, -0.1) is 36.2 Å². The Kier molecular flexibility index (Phi) is 7.21. The Morgan fingerprint density at radius 1 is 1.55 bits per heavy atom. The van der Waals surface area contributed by atoms with Crippen LogP contribution in [0, 0.1) is 6.92 Å². The Bertz CT molecular complexity index is 200. The van der Waals surface area contributed by atoms with E-state index in [0.717, 1.165) is 5.01 Å². The first kappa shape index (κ1) is 13.7. The van der Waals surface area contributed by atoms with Crippen LogP contribution >= 0.6 is 36.2 Å². The van der Waals surface area contributed by atoms with Gasteiger partial charge in [0.1, 0.15) is 5.01 Å². The first-order chi connectivity index (χ1) is 4.20. The predicted octanol–water partition coefficient (Wildman–Crippen LogP) is 2.31. The summed E-state index contributed by atoms with van der Waals surface area (Å²) < 4.78 is 0. The van der Waals surface area contributed by atoms with Gasteiger partial charge in [-0.3, -0.25) is 0 Å². The molecule has 1 rings (SSSR count). The molecule has 0 bridgehead atoms. The lowest BCUT2D eigenvalue weighted by molar-refractivity contribution is 0.807. The van der Waals surface area contributed by atoms with Gasteiger partial charge in [-0.1, -0.05) is 0 Å². The molecule has 0 unspecified atom stereocenters. The normalized spacial score (nSPS) is 11.2. The van der Waals surface area contributed by atoms with E-state index >= 15 is 0 Å². The van der Waals surface area contributed by atoms with Crippen LogP contribution in [-0.2, 0) is 0 Å². The van der Waals surface area contributed by atoms with Gasteiger partial charge in [0, 0.05) is 11.1 Å². The smallest absolute Gasteiger partial charge is 0.109 e. The van der Waals surface area contributed by atoms with E-state index in [-0.39, 0.29) is 30.9 Å². The van der Waals surface area contributed by atoms with E-state index in [1.54, 1.807) is 11.3 Å². The number of rotatable bonds is 1. The van der Waals surface area contributed by atoms with Gasteiger partial charge in [0.15, 0.2) is 0 Å². The van der Waals surface area contributed by atoms with Crippen molar-refractivity contribution in [3.05, 3.63) is 16.1 Å². The number of hydrogen-bond acceptors (Lipinski definition) is 3. The van der Waals surface area contributed by atoms with Crippen molar-refractivity contribution in [2.75, 3.05) is 0 Å². The van der Waals surface area contributed by atoms with Crippen molar-refractivity contribution in [1.29, 1.82) is 0 Å². The number of hydrogen-bond donors (Lipinski definition) is 1. The van der Waals surface area contributed by atoms with E-state index in [4.69, 9.17) is 5.73 Å². The molecule has 0 amide bonds. The van der Waals surface area contributed by atoms with Gasteiger partial charge in [-0.2, -0.15) is 0 Å². The number of aryl methyl sites for hydroxylation is 1. The van der Waals surface area contributed by atoms with Gasteiger partial charge < -0.3 is 5.73 Å². The second-order valence-corrected chi connectivity index (χ2v) is 3.36. The lowest BCUT2D eigenvalue weighted by Gasteiger charge is -1.95. The summed E-state index contributed by atoms with van der Waals surface area (Å²) in [6, 6.07) is 0.0868. The maximum absolute atomic E-state index is 5.57. The van der Waals surface area contributed by atoms with Crippen LogP contribution in [0.25, 0.3) is 0 Å². The van der Waals surface area contributed by atoms with E-state index in [1.165, 1.54) is 4.88 Å². The minimum atomic E-state index is 0. The molecule has 0 saturated heterocycles. The van der Waals surface area contributed by atoms with Crippen LogP contribution in [0.15, 0.2) is 6.20 Å². The highest BCUT2D eigenvalue weighted by Gasteiger charge is 2.01. The van der Waals surface area contributed by atoms with Gasteiger partial charge in [0.25, 0.3) is 0 Å². The van der Waals surface area contributed by atoms with E-state index in [9.17, 15) is 0 Å². The lowest BCUT2D eigenvalue weighted by Crippen LogP contribution is -2.03. The molecule has 2 nitrogen and oxygen atoms in total. The highest BCUT2D eigenvalue weighted by Crippen LogP contribution is 2.16. The van der Waals surface area contributed by atoms with Crippen LogP contribution in [-0.4, -0.2) is 4.98 Å². The SMILES string of the molecule is Cc1cnc([C@@H](C)N)s1.Cl.Cl. The first-order valence-electron chi connectivity index (χ1n) is 2.88. The molecule has 1 heterocycles. The Morgan fingerprint density at radius 3 is 2.27 bits per heavy atom. The molecule has 0 aliphatic rings. The molecule has 11 heavy (non-hydrogen) atoms. The number of halogens is 2. The van der Waals surface area contributed by atoms with Gasteiger partial charge in [0.05, 0.1) is 6.04 Å². The summed E-state index contributed by atoms with van der Waals surface area (Å²) in [6.45, 7) is 3.97. The molecular weight excluding hydrogens is 203 g/mol. The fourth-order valence-electron chi connectivity index (χ4n) is 0.583. The largest absolute Gasteiger partial charge is 0.322 e. The molecule has 0 radical (unpaired) electrons. The van der Waals surface area contributed by atoms with Crippen LogP contribution in [0.3, 0.4) is 0 Å². The molecule has 0 spiro atoms. The molecule has 0 fully saturated rings. The zero-order chi connectivity index (χ0) is 6.85. The Labute approximate surface area is 83.0 Å². The summed E-state index contributed by atoms with van der Waals surface area (Å²) in [5.41, 5.74) is 5.57. The van der Waals surface area contributed by atoms with Crippen LogP contribution < -0.4 is 5.73 Å². The van der Waals surface area contributed by atoms with Crippen LogP contribution in [0.1, 0.15) is 22.9 Å². The zero-order valence-electron chi connectivity index (χ0n) is 6.40. The van der Waals surface area contributed by atoms with Crippen LogP contribution in [0.5, 0.6) is 0 Å². The van der Waals surface area contributed by atoms with E-state index < -0.39 is 0 Å². The first-order valence-corrected chi connectivity index (χ1v) is 3.69. The topological polar surface area (TPSA) is 38.9 Å². The molecule has 0 aliphatic carbocycles. The van der Waals surface area contributed by atoms with Gasteiger partial charge in [-0.05, 0) is 13.8 Å². The maximum atomic E-state index is 5.57. The quantitative estimate of drug-likeness (QED) is 0.780. The molecule has 0 saturated carbocycles. The highest BCUT2D eigenvalue weighted by molar-refractivity contribution is 7.11. The standard InChI is InChI=1S/C6H10N2S.2ClH/c1-4-3-8-6(9-4)5(2)7;;/h3,5H,7H2,1-2H3;2*1H/t5-;;/m1../s1. The second-order valence-electron chi connectivity index (χ2n) is 2.10. The molecule has 0 aliphatic heterocycles.